The van der Waals surface area contributed by atoms with Gasteiger partial charge >= 0.3 is 0 Å². The molecule has 1 aliphatic heterocycles. The Morgan fingerprint density at radius 3 is 2.39 bits per heavy atom. The molecule has 0 saturated carbocycles. The van der Waals surface area contributed by atoms with Gasteiger partial charge in [0.2, 0.25) is 10.0 Å². The summed E-state index contributed by atoms with van der Waals surface area (Å²) in [6, 6.07) is 14.9. The first-order chi connectivity index (χ1) is 13.5. The van der Waals surface area contributed by atoms with Crippen molar-refractivity contribution in [2.24, 2.45) is 0 Å². The normalized spacial score (nSPS) is 17.6. The van der Waals surface area contributed by atoms with Crippen molar-refractivity contribution in [1.29, 1.82) is 0 Å². The summed E-state index contributed by atoms with van der Waals surface area (Å²) < 4.78 is 38.3. The van der Waals surface area contributed by atoms with Crippen LogP contribution in [-0.4, -0.2) is 46.7 Å². The van der Waals surface area contributed by atoms with Gasteiger partial charge in [-0.25, -0.2) is 13.1 Å². The first kappa shape index (κ1) is 20.6. The van der Waals surface area contributed by atoms with E-state index in [-0.39, 0.29) is 4.90 Å². The first-order valence-corrected chi connectivity index (χ1v) is 11.1. The molecule has 1 heterocycles. The third-order valence-corrected chi connectivity index (χ3v) is 6.48. The number of hydrogen-bond acceptors (Lipinski definition) is 5. The van der Waals surface area contributed by atoms with Crippen LogP contribution in [0.15, 0.2) is 53.4 Å². The van der Waals surface area contributed by atoms with Crippen LogP contribution in [-0.2, 0) is 10.0 Å². The lowest BCUT2D eigenvalue weighted by molar-refractivity contribution is 0.261. The van der Waals surface area contributed by atoms with E-state index < -0.39 is 10.0 Å². The smallest absolute Gasteiger partial charge is 0.240 e. The van der Waals surface area contributed by atoms with E-state index in [1.54, 1.807) is 31.4 Å². The molecule has 0 radical (unpaired) electrons. The Bertz CT molecular complexity index is 851. The minimum Gasteiger partial charge on any atom is -0.497 e. The molecule has 0 spiro atoms. The highest BCUT2D eigenvalue weighted by atomic mass is 32.2. The summed E-state index contributed by atoms with van der Waals surface area (Å²) in [6.07, 6.45) is 2.19. The predicted octanol–water partition coefficient (Wildman–Crippen LogP) is 3.21. The molecule has 3 rings (SSSR count). The number of benzene rings is 2. The van der Waals surface area contributed by atoms with Gasteiger partial charge in [0, 0.05) is 19.1 Å². The van der Waals surface area contributed by atoms with E-state index >= 15 is 0 Å². The highest BCUT2D eigenvalue weighted by Crippen LogP contribution is 2.32. The molecule has 1 aliphatic rings. The molecule has 7 heteroatoms. The molecule has 1 atom stereocenters. The van der Waals surface area contributed by atoms with Gasteiger partial charge in [-0.15, -0.1) is 0 Å². The van der Waals surface area contributed by atoms with Crippen LogP contribution in [0.3, 0.4) is 0 Å². The lowest BCUT2D eigenvalue weighted by Gasteiger charge is -2.25. The Labute approximate surface area is 167 Å². The van der Waals surface area contributed by atoms with E-state index in [9.17, 15) is 8.42 Å². The second kappa shape index (κ2) is 9.41. The van der Waals surface area contributed by atoms with Crippen LogP contribution in [0.5, 0.6) is 11.5 Å². The zero-order valence-corrected chi connectivity index (χ0v) is 17.2. The zero-order chi connectivity index (χ0) is 20.0. The molecule has 0 amide bonds. The van der Waals surface area contributed by atoms with Crippen molar-refractivity contribution in [3.05, 3.63) is 54.1 Å². The van der Waals surface area contributed by atoms with E-state index in [0.29, 0.717) is 31.5 Å². The summed E-state index contributed by atoms with van der Waals surface area (Å²) in [4.78, 5) is 2.59. The molecule has 6 nitrogen and oxygen atoms in total. The highest BCUT2D eigenvalue weighted by molar-refractivity contribution is 7.89. The Kier molecular flexibility index (Phi) is 6.93. The Morgan fingerprint density at radius 1 is 1.07 bits per heavy atom. The SMILES string of the molecule is CCOc1ccc(S(=O)(=O)NCCN2CCCC2c2ccc(OC)cc2)cc1. The Hall–Kier alpha value is -2.09. The highest BCUT2D eigenvalue weighted by Gasteiger charge is 2.26. The summed E-state index contributed by atoms with van der Waals surface area (Å²) in [5.74, 6) is 1.51. The third kappa shape index (κ3) is 5.04. The summed E-state index contributed by atoms with van der Waals surface area (Å²) in [5.41, 5.74) is 1.24. The van der Waals surface area contributed by atoms with Gasteiger partial charge in [0.25, 0.3) is 0 Å². The Morgan fingerprint density at radius 2 is 1.75 bits per heavy atom. The van der Waals surface area contributed by atoms with Crippen molar-refractivity contribution in [2.45, 2.75) is 30.7 Å². The number of rotatable bonds is 9. The number of ether oxygens (including phenoxy) is 2. The van der Waals surface area contributed by atoms with Crippen LogP contribution < -0.4 is 14.2 Å². The minimum absolute atomic E-state index is 0.254. The van der Waals surface area contributed by atoms with Crippen LogP contribution in [0.2, 0.25) is 0 Å². The van der Waals surface area contributed by atoms with E-state index in [0.717, 1.165) is 25.1 Å². The van der Waals surface area contributed by atoms with E-state index in [2.05, 4.69) is 21.8 Å². The van der Waals surface area contributed by atoms with Gasteiger partial charge in [0.15, 0.2) is 0 Å². The molecule has 1 N–H and O–H groups in total. The molecular formula is C21H28N2O4S. The van der Waals surface area contributed by atoms with Crippen LogP contribution in [0.25, 0.3) is 0 Å². The molecule has 0 bridgehead atoms. The monoisotopic (exact) mass is 404 g/mol. The maximum Gasteiger partial charge on any atom is 0.240 e. The number of nitrogens with one attached hydrogen (secondary N) is 1. The predicted molar refractivity (Wildman–Crippen MR) is 109 cm³/mol. The lowest BCUT2D eigenvalue weighted by atomic mass is 10.0. The topological polar surface area (TPSA) is 67.9 Å². The molecule has 152 valence electrons. The molecular weight excluding hydrogens is 376 g/mol. The standard InChI is InChI=1S/C21H28N2O4S/c1-3-27-19-10-12-20(13-11-19)28(24,25)22-14-16-23-15-4-5-21(23)17-6-8-18(26-2)9-7-17/h6-13,21-22H,3-5,14-16H2,1-2H3. The number of likely N-dealkylation sites (tertiary alicyclic amines) is 1. The van der Waals surface area contributed by atoms with Crippen molar-refractivity contribution in [3.63, 3.8) is 0 Å². The molecule has 2 aromatic rings. The zero-order valence-electron chi connectivity index (χ0n) is 16.4. The number of sulfonamides is 1. The fraction of sp³-hybridized carbons (Fsp3) is 0.429. The number of nitrogens with zero attached hydrogens (tertiary/aromatic N) is 1. The fourth-order valence-corrected chi connectivity index (χ4v) is 4.61. The largest absolute Gasteiger partial charge is 0.497 e. The second-order valence-electron chi connectivity index (χ2n) is 6.77. The van der Waals surface area contributed by atoms with Crippen molar-refractivity contribution < 1.29 is 17.9 Å². The fourth-order valence-electron chi connectivity index (χ4n) is 3.59. The van der Waals surface area contributed by atoms with Gasteiger partial charge in [-0.1, -0.05) is 12.1 Å². The molecule has 28 heavy (non-hydrogen) atoms. The van der Waals surface area contributed by atoms with Gasteiger partial charge in [0.1, 0.15) is 11.5 Å². The maximum absolute atomic E-state index is 12.5. The molecule has 0 aromatic heterocycles. The van der Waals surface area contributed by atoms with E-state index in [4.69, 9.17) is 9.47 Å². The van der Waals surface area contributed by atoms with Crippen molar-refractivity contribution in [2.75, 3.05) is 33.4 Å². The lowest BCUT2D eigenvalue weighted by Crippen LogP contribution is -2.34. The van der Waals surface area contributed by atoms with Gasteiger partial charge in [-0.05, 0) is 68.3 Å². The van der Waals surface area contributed by atoms with Crippen molar-refractivity contribution in [3.8, 4) is 11.5 Å². The average Bonchev–Trinajstić information content (AvgIpc) is 3.17. The van der Waals surface area contributed by atoms with E-state index in [1.807, 2.05) is 19.1 Å². The molecule has 2 aromatic carbocycles. The minimum atomic E-state index is -3.52. The average molecular weight is 405 g/mol. The van der Waals surface area contributed by atoms with Crippen LogP contribution in [0.4, 0.5) is 0 Å². The number of hydrogen-bond donors (Lipinski definition) is 1. The van der Waals surface area contributed by atoms with Gasteiger partial charge in [-0.3, -0.25) is 4.90 Å². The molecule has 1 saturated heterocycles. The summed E-state index contributed by atoms with van der Waals surface area (Å²) >= 11 is 0. The van der Waals surface area contributed by atoms with Gasteiger partial charge in [0.05, 0.1) is 18.6 Å². The number of methoxy groups -OCH3 is 1. The quantitative estimate of drug-likeness (QED) is 0.695. The van der Waals surface area contributed by atoms with Crippen LogP contribution in [0.1, 0.15) is 31.4 Å². The van der Waals surface area contributed by atoms with Crippen LogP contribution >= 0.6 is 0 Å². The summed E-state index contributed by atoms with van der Waals surface area (Å²) in [5, 5.41) is 0. The van der Waals surface area contributed by atoms with Crippen molar-refractivity contribution >= 4 is 10.0 Å². The molecule has 1 unspecified atom stereocenters. The van der Waals surface area contributed by atoms with Gasteiger partial charge < -0.3 is 9.47 Å². The first-order valence-electron chi connectivity index (χ1n) is 9.64. The second-order valence-corrected chi connectivity index (χ2v) is 8.54. The van der Waals surface area contributed by atoms with E-state index in [1.165, 1.54) is 5.56 Å². The maximum atomic E-state index is 12.5. The summed E-state index contributed by atoms with van der Waals surface area (Å²) in [7, 11) is -1.86. The Balaban J connectivity index is 1.56. The molecule has 1 fully saturated rings. The molecule has 0 aliphatic carbocycles. The summed E-state index contributed by atoms with van der Waals surface area (Å²) in [6.45, 7) is 4.47. The van der Waals surface area contributed by atoms with Crippen LogP contribution in [0, 0.1) is 0 Å². The third-order valence-electron chi connectivity index (χ3n) is 5.00. The van der Waals surface area contributed by atoms with Crippen molar-refractivity contribution in [1.82, 2.24) is 9.62 Å². The van der Waals surface area contributed by atoms with Gasteiger partial charge in [-0.2, -0.15) is 0 Å².